The maximum absolute atomic E-state index is 13.9. The van der Waals surface area contributed by atoms with E-state index in [-0.39, 0.29) is 12.0 Å². The number of aryl methyl sites for hydroxylation is 2. The van der Waals surface area contributed by atoms with E-state index in [2.05, 4.69) is 27.2 Å². The smallest absolute Gasteiger partial charge is 0.339 e. The van der Waals surface area contributed by atoms with Gasteiger partial charge in [0.15, 0.2) is 11.6 Å². The number of hydrogen-bond acceptors (Lipinski definition) is 8. The summed E-state index contributed by atoms with van der Waals surface area (Å²) < 4.78 is 12.1. The lowest BCUT2D eigenvalue weighted by molar-refractivity contribution is 0.374. The molecule has 0 radical (unpaired) electrons. The van der Waals surface area contributed by atoms with Gasteiger partial charge in [-0.2, -0.15) is 4.98 Å². The summed E-state index contributed by atoms with van der Waals surface area (Å²) >= 11 is 0. The van der Waals surface area contributed by atoms with Crippen LogP contribution >= 0.6 is 0 Å². The van der Waals surface area contributed by atoms with E-state index in [1.165, 1.54) is 25.7 Å². The van der Waals surface area contributed by atoms with Gasteiger partial charge in [-0.25, -0.2) is 9.78 Å². The molecular formula is C33H36N6O4. The van der Waals surface area contributed by atoms with E-state index >= 15 is 0 Å². The van der Waals surface area contributed by atoms with Crippen molar-refractivity contribution in [3.8, 4) is 22.5 Å². The third kappa shape index (κ3) is 6.43. The molecule has 0 unspecified atom stereocenters. The normalized spacial score (nSPS) is 13.6. The quantitative estimate of drug-likeness (QED) is 0.212. The van der Waals surface area contributed by atoms with Crippen molar-refractivity contribution >= 4 is 0 Å². The molecular weight excluding hydrogens is 544 g/mol. The number of unbranched alkanes of at least 4 members (excludes halogenated alkanes) is 1. The van der Waals surface area contributed by atoms with Crippen molar-refractivity contribution in [2.45, 2.75) is 78.2 Å². The minimum atomic E-state index is -0.598. The molecule has 222 valence electrons. The van der Waals surface area contributed by atoms with Gasteiger partial charge in [0, 0.05) is 29.7 Å². The highest BCUT2D eigenvalue weighted by Gasteiger charge is 2.21. The van der Waals surface area contributed by atoms with E-state index in [1.807, 2.05) is 55.5 Å². The van der Waals surface area contributed by atoms with Crippen LogP contribution in [0.15, 0.2) is 67.2 Å². The number of rotatable bonds is 11. The lowest BCUT2D eigenvalue weighted by Gasteiger charge is -2.16. The molecule has 0 atom stereocenters. The third-order valence-corrected chi connectivity index (χ3v) is 8.31. The first-order chi connectivity index (χ1) is 21.0. The Kier molecular flexibility index (Phi) is 8.44. The fraction of sp³-hybridized carbons (Fsp3) is 0.394. The summed E-state index contributed by atoms with van der Waals surface area (Å²) in [7, 11) is 0. The second-order valence-electron chi connectivity index (χ2n) is 11.4. The molecule has 10 nitrogen and oxygen atoms in total. The molecule has 10 heteroatoms. The maximum atomic E-state index is 13.9. The summed E-state index contributed by atoms with van der Waals surface area (Å²) in [6.07, 6.45) is 8.74. The van der Waals surface area contributed by atoms with Crippen LogP contribution in [0.3, 0.4) is 0 Å². The molecule has 0 spiro atoms. The van der Waals surface area contributed by atoms with Gasteiger partial charge in [0.25, 0.3) is 5.56 Å². The van der Waals surface area contributed by atoms with E-state index in [0.29, 0.717) is 35.4 Å². The zero-order valence-corrected chi connectivity index (χ0v) is 24.6. The summed E-state index contributed by atoms with van der Waals surface area (Å²) in [5.74, 6) is 2.37. The summed E-state index contributed by atoms with van der Waals surface area (Å²) in [4.78, 5) is 37.6. The molecule has 0 saturated heterocycles. The van der Waals surface area contributed by atoms with Crippen LogP contribution in [0.2, 0.25) is 0 Å². The molecule has 1 saturated carbocycles. The van der Waals surface area contributed by atoms with Crippen molar-refractivity contribution < 1.29 is 9.05 Å². The lowest BCUT2D eigenvalue weighted by Crippen LogP contribution is -2.30. The van der Waals surface area contributed by atoms with Crippen LogP contribution in [0.1, 0.15) is 79.8 Å². The second kappa shape index (κ2) is 12.7. The van der Waals surface area contributed by atoms with Crippen molar-refractivity contribution in [3.63, 3.8) is 0 Å². The fourth-order valence-corrected chi connectivity index (χ4v) is 5.98. The number of benzene rings is 2. The van der Waals surface area contributed by atoms with Gasteiger partial charge >= 0.3 is 5.76 Å². The first-order valence-corrected chi connectivity index (χ1v) is 15.1. The zero-order valence-electron chi connectivity index (χ0n) is 24.6. The molecule has 1 N–H and O–H groups in total. The predicted molar refractivity (Wildman–Crippen MR) is 162 cm³/mol. The van der Waals surface area contributed by atoms with Crippen LogP contribution < -0.4 is 11.3 Å². The molecule has 2 aromatic carbocycles. The number of hydrogen-bond donors (Lipinski definition) is 1. The Morgan fingerprint density at radius 3 is 2.44 bits per heavy atom. The number of nitrogens with zero attached hydrogens (tertiary/aromatic N) is 5. The summed E-state index contributed by atoms with van der Waals surface area (Å²) in [6, 6.07) is 15.7. The number of nitrogens with one attached hydrogen (secondary N) is 1. The Labute approximate surface area is 249 Å². The fourth-order valence-electron chi connectivity index (χ4n) is 5.98. The number of H-pyrrole nitrogens is 1. The lowest BCUT2D eigenvalue weighted by atomic mass is 9.98. The average Bonchev–Trinajstić information content (AvgIpc) is 3.80. The van der Waals surface area contributed by atoms with E-state index < -0.39 is 5.76 Å². The highest BCUT2D eigenvalue weighted by molar-refractivity contribution is 5.80. The molecule has 1 fully saturated rings. The Balaban J connectivity index is 1.27. The summed E-state index contributed by atoms with van der Waals surface area (Å²) in [5, 5.41) is 8.06. The molecule has 3 aromatic heterocycles. The number of aromatic amines is 1. The minimum absolute atomic E-state index is 0.0708. The van der Waals surface area contributed by atoms with Crippen LogP contribution in [0.5, 0.6) is 0 Å². The molecule has 6 rings (SSSR count). The topological polar surface area (TPSA) is 133 Å². The molecule has 1 aliphatic rings. The average molecular weight is 581 g/mol. The van der Waals surface area contributed by atoms with Crippen LogP contribution in [0.25, 0.3) is 22.5 Å². The Hall–Kier alpha value is -4.60. The van der Waals surface area contributed by atoms with Crippen LogP contribution in [-0.4, -0.2) is 29.8 Å². The van der Waals surface area contributed by atoms with E-state index in [9.17, 15) is 9.59 Å². The molecule has 0 amide bonds. The van der Waals surface area contributed by atoms with Crippen LogP contribution in [0, 0.1) is 12.8 Å². The minimum Gasteiger partial charge on any atom is -0.339 e. The Bertz CT molecular complexity index is 1810. The monoisotopic (exact) mass is 580 g/mol. The SMILES string of the molecule is CCCCc1nc(C)c(Cc2nc(CC3CCCC3)no2)c(=O)n1Cc1ccc(-c2ccccc2-c2noc(=O)[nH]2)cc1. The molecule has 0 aliphatic heterocycles. The second-order valence-corrected chi connectivity index (χ2v) is 11.4. The van der Waals surface area contributed by atoms with Crippen molar-refractivity contribution in [1.29, 1.82) is 0 Å². The third-order valence-electron chi connectivity index (χ3n) is 8.31. The standard InChI is InChI=1S/C33H36N6O4/c1-3-4-13-29-34-21(2)27(19-30-35-28(37-42-30)18-22-9-5-6-10-22)32(40)39(29)20-23-14-16-24(17-15-23)25-11-7-8-12-26(25)31-36-33(41)43-38-31/h7-8,11-12,14-17,22H,3-6,9-10,13,18-20H2,1-2H3,(H,36,38,41). The largest absolute Gasteiger partial charge is 0.439 e. The van der Waals surface area contributed by atoms with Gasteiger partial charge < -0.3 is 4.52 Å². The Morgan fingerprint density at radius 2 is 1.72 bits per heavy atom. The van der Waals surface area contributed by atoms with E-state index in [4.69, 9.17) is 14.0 Å². The zero-order chi connectivity index (χ0) is 29.8. The van der Waals surface area contributed by atoms with Crippen LogP contribution in [0.4, 0.5) is 0 Å². The van der Waals surface area contributed by atoms with Crippen molar-refractivity contribution in [2.75, 3.05) is 0 Å². The van der Waals surface area contributed by atoms with Gasteiger partial charge in [-0.3, -0.25) is 18.9 Å². The molecule has 3 heterocycles. The molecule has 0 bridgehead atoms. The first-order valence-electron chi connectivity index (χ1n) is 15.1. The number of aromatic nitrogens is 6. The van der Waals surface area contributed by atoms with Crippen molar-refractivity contribution in [3.05, 3.63) is 104 Å². The Morgan fingerprint density at radius 1 is 0.953 bits per heavy atom. The summed E-state index contributed by atoms with van der Waals surface area (Å²) in [5.41, 5.74) is 4.82. The van der Waals surface area contributed by atoms with Gasteiger partial charge in [-0.1, -0.05) is 97.9 Å². The van der Waals surface area contributed by atoms with Gasteiger partial charge in [-0.15, -0.1) is 0 Å². The van der Waals surface area contributed by atoms with Gasteiger partial charge in [0.2, 0.25) is 5.89 Å². The molecule has 1 aliphatic carbocycles. The van der Waals surface area contributed by atoms with Gasteiger partial charge in [0.05, 0.1) is 13.0 Å². The van der Waals surface area contributed by atoms with E-state index in [0.717, 1.165) is 59.6 Å². The first kappa shape index (κ1) is 28.5. The van der Waals surface area contributed by atoms with Gasteiger partial charge in [0.1, 0.15) is 5.82 Å². The van der Waals surface area contributed by atoms with Crippen LogP contribution in [-0.2, 0) is 25.8 Å². The molecule has 43 heavy (non-hydrogen) atoms. The highest BCUT2D eigenvalue weighted by Crippen LogP contribution is 2.30. The molecule has 5 aromatic rings. The predicted octanol–water partition coefficient (Wildman–Crippen LogP) is 5.66. The van der Waals surface area contributed by atoms with Gasteiger partial charge in [-0.05, 0) is 36.0 Å². The van der Waals surface area contributed by atoms with E-state index in [1.54, 1.807) is 4.57 Å². The summed E-state index contributed by atoms with van der Waals surface area (Å²) in [6.45, 7) is 4.42. The van der Waals surface area contributed by atoms with Crippen molar-refractivity contribution in [1.82, 2.24) is 29.8 Å². The highest BCUT2D eigenvalue weighted by atomic mass is 16.5. The maximum Gasteiger partial charge on any atom is 0.439 e. The van der Waals surface area contributed by atoms with Crippen molar-refractivity contribution in [2.24, 2.45) is 5.92 Å².